The quantitative estimate of drug-likeness (QED) is 0.708. The Kier molecular flexibility index (Phi) is 2.89. The van der Waals surface area contributed by atoms with Crippen molar-refractivity contribution in [2.75, 3.05) is 26.7 Å². The number of nitrogens with one attached hydrogen (secondary N) is 1. The fourth-order valence-corrected chi connectivity index (χ4v) is 2.60. The van der Waals surface area contributed by atoms with Crippen LogP contribution in [0.15, 0.2) is 0 Å². The SMILES string of the molecule is CC1CC(NCC2CCN(C)C2)C1. The Morgan fingerprint density at radius 1 is 1.38 bits per heavy atom. The van der Waals surface area contributed by atoms with Gasteiger partial charge in [0.2, 0.25) is 0 Å². The lowest BCUT2D eigenvalue weighted by molar-refractivity contribution is 0.231. The molecule has 1 aliphatic carbocycles. The van der Waals surface area contributed by atoms with Crippen LogP contribution >= 0.6 is 0 Å². The minimum absolute atomic E-state index is 0.848. The maximum Gasteiger partial charge on any atom is 0.00722 e. The van der Waals surface area contributed by atoms with E-state index < -0.39 is 0 Å². The number of nitrogens with zero attached hydrogens (tertiary/aromatic N) is 1. The Balaban J connectivity index is 1.58. The largest absolute Gasteiger partial charge is 0.314 e. The monoisotopic (exact) mass is 182 g/mol. The lowest BCUT2D eigenvalue weighted by Crippen LogP contribution is -2.42. The van der Waals surface area contributed by atoms with Crippen LogP contribution in [0, 0.1) is 11.8 Å². The molecular weight excluding hydrogens is 160 g/mol. The number of likely N-dealkylation sites (tertiary alicyclic amines) is 1. The molecule has 2 aliphatic rings. The highest BCUT2D eigenvalue weighted by molar-refractivity contribution is 4.84. The van der Waals surface area contributed by atoms with Gasteiger partial charge in [0.05, 0.1) is 0 Å². The molecule has 0 bridgehead atoms. The summed E-state index contributed by atoms with van der Waals surface area (Å²) in [4.78, 5) is 2.44. The highest BCUT2D eigenvalue weighted by atomic mass is 15.1. The smallest absolute Gasteiger partial charge is 0.00722 e. The molecule has 0 amide bonds. The van der Waals surface area contributed by atoms with Crippen LogP contribution in [0.4, 0.5) is 0 Å². The summed E-state index contributed by atoms with van der Waals surface area (Å²) in [5.74, 6) is 1.89. The molecule has 1 heterocycles. The van der Waals surface area contributed by atoms with Gasteiger partial charge in [-0.15, -0.1) is 0 Å². The van der Waals surface area contributed by atoms with Gasteiger partial charge in [-0.1, -0.05) is 6.92 Å². The van der Waals surface area contributed by atoms with Gasteiger partial charge in [0.1, 0.15) is 0 Å². The summed E-state index contributed by atoms with van der Waals surface area (Å²) >= 11 is 0. The van der Waals surface area contributed by atoms with Crippen molar-refractivity contribution < 1.29 is 0 Å². The van der Waals surface area contributed by atoms with Gasteiger partial charge in [-0.05, 0) is 51.2 Å². The molecule has 0 aromatic heterocycles. The Labute approximate surface area is 81.7 Å². The van der Waals surface area contributed by atoms with Gasteiger partial charge in [0, 0.05) is 12.6 Å². The zero-order chi connectivity index (χ0) is 9.26. The van der Waals surface area contributed by atoms with Crippen LogP contribution in [-0.2, 0) is 0 Å². The summed E-state index contributed by atoms with van der Waals surface area (Å²) in [5, 5.41) is 3.69. The topological polar surface area (TPSA) is 15.3 Å². The van der Waals surface area contributed by atoms with Gasteiger partial charge >= 0.3 is 0 Å². The molecule has 1 unspecified atom stereocenters. The average molecular weight is 182 g/mol. The normalized spacial score (nSPS) is 40.6. The van der Waals surface area contributed by atoms with Crippen molar-refractivity contribution in [3.8, 4) is 0 Å². The number of rotatable bonds is 3. The zero-order valence-electron chi connectivity index (χ0n) is 8.92. The zero-order valence-corrected chi connectivity index (χ0v) is 8.92. The van der Waals surface area contributed by atoms with E-state index in [0.717, 1.165) is 17.9 Å². The maximum absolute atomic E-state index is 3.69. The molecule has 1 saturated carbocycles. The van der Waals surface area contributed by atoms with Crippen LogP contribution in [0.1, 0.15) is 26.2 Å². The van der Waals surface area contributed by atoms with E-state index in [2.05, 4.69) is 24.2 Å². The molecule has 2 nitrogen and oxygen atoms in total. The van der Waals surface area contributed by atoms with Crippen LogP contribution in [0.5, 0.6) is 0 Å². The third-order valence-electron chi connectivity index (χ3n) is 3.56. The van der Waals surface area contributed by atoms with Crippen LogP contribution in [0.25, 0.3) is 0 Å². The van der Waals surface area contributed by atoms with Gasteiger partial charge in [0.25, 0.3) is 0 Å². The third-order valence-corrected chi connectivity index (χ3v) is 3.56. The van der Waals surface area contributed by atoms with Crippen molar-refractivity contribution in [1.29, 1.82) is 0 Å². The third kappa shape index (κ3) is 2.44. The van der Waals surface area contributed by atoms with Gasteiger partial charge in [0.15, 0.2) is 0 Å². The molecule has 0 aromatic carbocycles. The Bertz CT molecular complexity index is 163. The minimum atomic E-state index is 0.848. The van der Waals surface area contributed by atoms with Crippen LogP contribution in [-0.4, -0.2) is 37.6 Å². The van der Waals surface area contributed by atoms with E-state index in [9.17, 15) is 0 Å². The summed E-state index contributed by atoms with van der Waals surface area (Å²) in [7, 11) is 2.23. The molecule has 2 fully saturated rings. The predicted molar refractivity (Wildman–Crippen MR) is 55.8 cm³/mol. The fourth-order valence-electron chi connectivity index (χ4n) is 2.60. The van der Waals surface area contributed by atoms with Crippen molar-refractivity contribution in [2.24, 2.45) is 11.8 Å². The van der Waals surface area contributed by atoms with Crippen molar-refractivity contribution in [1.82, 2.24) is 10.2 Å². The first kappa shape index (κ1) is 9.47. The van der Waals surface area contributed by atoms with E-state index in [-0.39, 0.29) is 0 Å². The second-order valence-corrected chi connectivity index (χ2v) is 5.10. The van der Waals surface area contributed by atoms with E-state index >= 15 is 0 Å². The number of hydrogen-bond donors (Lipinski definition) is 1. The average Bonchev–Trinajstić information content (AvgIpc) is 2.43. The Morgan fingerprint density at radius 2 is 2.15 bits per heavy atom. The second kappa shape index (κ2) is 3.97. The van der Waals surface area contributed by atoms with Gasteiger partial charge in [-0.3, -0.25) is 0 Å². The standard InChI is InChI=1S/C11H22N2/c1-9-5-11(6-9)12-7-10-3-4-13(2)8-10/h9-12H,3-8H2,1-2H3. The molecule has 76 valence electrons. The van der Waals surface area contributed by atoms with Crippen molar-refractivity contribution in [2.45, 2.75) is 32.2 Å². The van der Waals surface area contributed by atoms with Crippen molar-refractivity contribution in [3.63, 3.8) is 0 Å². The Hall–Kier alpha value is -0.0800. The number of hydrogen-bond acceptors (Lipinski definition) is 2. The van der Waals surface area contributed by atoms with E-state index in [1.165, 1.54) is 38.9 Å². The lowest BCUT2D eigenvalue weighted by Gasteiger charge is -2.34. The van der Waals surface area contributed by atoms with Gasteiger partial charge < -0.3 is 10.2 Å². The fraction of sp³-hybridized carbons (Fsp3) is 1.00. The first-order valence-corrected chi connectivity index (χ1v) is 5.66. The molecule has 13 heavy (non-hydrogen) atoms. The summed E-state index contributed by atoms with van der Waals surface area (Å²) < 4.78 is 0. The van der Waals surface area contributed by atoms with Crippen molar-refractivity contribution >= 4 is 0 Å². The first-order valence-electron chi connectivity index (χ1n) is 5.66. The molecule has 2 heteroatoms. The molecule has 0 aromatic rings. The summed E-state index contributed by atoms with van der Waals surface area (Å²) in [6, 6.07) is 0.848. The lowest BCUT2D eigenvalue weighted by atomic mass is 9.82. The summed E-state index contributed by atoms with van der Waals surface area (Å²) in [6.45, 7) is 6.20. The first-order chi connectivity index (χ1) is 6.24. The molecular formula is C11H22N2. The van der Waals surface area contributed by atoms with Crippen molar-refractivity contribution in [3.05, 3.63) is 0 Å². The Morgan fingerprint density at radius 3 is 2.69 bits per heavy atom. The molecule has 1 saturated heterocycles. The molecule has 1 aliphatic heterocycles. The predicted octanol–water partition coefficient (Wildman–Crippen LogP) is 1.33. The molecule has 1 atom stereocenters. The van der Waals surface area contributed by atoms with Crippen LogP contribution in [0.2, 0.25) is 0 Å². The summed E-state index contributed by atoms with van der Waals surface area (Å²) in [6.07, 6.45) is 4.21. The molecule has 0 radical (unpaired) electrons. The van der Waals surface area contributed by atoms with E-state index in [1.54, 1.807) is 0 Å². The van der Waals surface area contributed by atoms with Gasteiger partial charge in [-0.25, -0.2) is 0 Å². The van der Waals surface area contributed by atoms with Crippen LogP contribution < -0.4 is 5.32 Å². The maximum atomic E-state index is 3.69. The highest BCUT2D eigenvalue weighted by Gasteiger charge is 2.26. The van der Waals surface area contributed by atoms with Gasteiger partial charge in [-0.2, -0.15) is 0 Å². The van der Waals surface area contributed by atoms with E-state index in [1.807, 2.05) is 0 Å². The molecule has 0 spiro atoms. The van der Waals surface area contributed by atoms with E-state index in [0.29, 0.717) is 0 Å². The van der Waals surface area contributed by atoms with Crippen LogP contribution in [0.3, 0.4) is 0 Å². The molecule has 2 rings (SSSR count). The second-order valence-electron chi connectivity index (χ2n) is 5.10. The van der Waals surface area contributed by atoms with E-state index in [4.69, 9.17) is 0 Å². The summed E-state index contributed by atoms with van der Waals surface area (Å²) in [5.41, 5.74) is 0. The highest BCUT2D eigenvalue weighted by Crippen LogP contribution is 2.26. The minimum Gasteiger partial charge on any atom is -0.314 e. The molecule has 1 N–H and O–H groups in total.